The zero-order chi connectivity index (χ0) is 11.8. The van der Waals surface area contributed by atoms with Crippen LogP contribution in [0.25, 0.3) is 0 Å². The summed E-state index contributed by atoms with van der Waals surface area (Å²) in [6.45, 7) is 0. The van der Waals surface area contributed by atoms with Gasteiger partial charge in [-0.2, -0.15) is 0 Å². The molecule has 2 aromatic rings. The lowest BCUT2D eigenvalue weighted by atomic mass is 10.4. The van der Waals surface area contributed by atoms with E-state index in [0.29, 0.717) is 0 Å². The van der Waals surface area contributed by atoms with Crippen molar-refractivity contribution < 1.29 is 0 Å². The minimum Gasteiger partial charge on any atom is -0.126 e. The molecule has 0 fully saturated rings. The molecule has 0 unspecified atom stereocenters. The second-order valence-electron chi connectivity index (χ2n) is 3.68. The lowest BCUT2D eigenvalue weighted by Gasteiger charge is -2.02. The van der Waals surface area contributed by atoms with Crippen LogP contribution < -0.4 is 0 Å². The summed E-state index contributed by atoms with van der Waals surface area (Å²) in [5, 5.41) is 0. The summed E-state index contributed by atoms with van der Waals surface area (Å²) in [4.78, 5) is 2.74. The van der Waals surface area contributed by atoms with Gasteiger partial charge in [0.2, 0.25) is 0 Å². The molecule has 2 rings (SSSR count). The first kappa shape index (κ1) is 12.6. The van der Waals surface area contributed by atoms with Gasteiger partial charge in [-0.3, -0.25) is 0 Å². The van der Waals surface area contributed by atoms with E-state index in [4.69, 9.17) is 0 Å². The molecule has 0 saturated carbocycles. The van der Waals surface area contributed by atoms with Gasteiger partial charge >= 0.3 is 0 Å². The average Bonchev–Trinajstić information content (AvgIpc) is 2.41. The first-order valence-electron chi connectivity index (χ1n) is 5.81. The summed E-state index contributed by atoms with van der Waals surface area (Å²) < 4.78 is 0. The monoisotopic (exact) mass is 260 g/mol. The van der Waals surface area contributed by atoms with Crippen LogP contribution in [0.15, 0.2) is 70.5 Å². The molecule has 0 aliphatic carbocycles. The van der Waals surface area contributed by atoms with Crippen LogP contribution in [-0.2, 0) is 0 Å². The minimum absolute atomic E-state index is 1.20. The lowest BCUT2D eigenvalue weighted by molar-refractivity contribution is 1.12. The van der Waals surface area contributed by atoms with Crippen LogP contribution in [0.1, 0.15) is 6.42 Å². The van der Waals surface area contributed by atoms with E-state index < -0.39 is 0 Å². The maximum atomic E-state index is 2.18. The van der Waals surface area contributed by atoms with Crippen molar-refractivity contribution >= 4 is 23.5 Å². The van der Waals surface area contributed by atoms with Crippen molar-refractivity contribution in [2.45, 2.75) is 16.2 Å². The highest BCUT2D eigenvalue weighted by Gasteiger charge is 1.95. The third-order valence-electron chi connectivity index (χ3n) is 2.31. The van der Waals surface area contributed by atoms with Crippen molar-refractivity contribution in [3.63, 3.8) is 0 Å². The maximum absolute atomic E-state index is 2.18. The van der Waals surface area contributed by atoms with Crippen LogP contribution in [0.4, 0.5) is 0 Å². The summed E-state index contributed by atoms with van der Waals surface area (Å²) in [5.41, 5.74) is 0. The van der Waals surface area contributed by atoms with Crippen molar-refractivity contribution in [2.24, 2.45) is 0 Å². The van der Waals surface area contributed by atoms with Gasteiger partial charge in [0, 0.05) is 9.79 Å². The Kier molecular flexibility index (Phi) is 5.53. The van der Waals surface area contributed by atoms with Crippen molar-refractivity contribution in [2.75, 3.05) is 11.5 Å². The van der Waals surface area contributed by atoms with E-state index in [-0.39, 0.29) is 0 Å². The van der Waals surface area contributed by atoms with E-state index in [1.165, 1.54) is 27.7 Å². The molecule has 0 amide bonds. The molecule has 0 bridgehead atoms. The fourth-order valence-electron chi connectivity index (χ4n) is 1.47. The van der Waals surface area contributed by atoms with Crippen LogP contribution in [0.2, 0.25) is 0 Å². The summed E-state index contributed by atoms with van der Waals surface area (Å²) >= 11 is 3.88. The zero-order valence-electron chi connectivity index (χ0n) is 9.71. The predicted molar refractivity (Wildman–Crippen MR) is 78.9 cm³/mol. The molecule has 0 nitrogen and oxygen atoms in total. The molecule has 0 spiro atoms. The van der Waals surface area contributed by atoms with Crippen molar-refractivity contribution in [1.82, 2.24) is 0 Å². The SMILES string of the molecule is c1ccc(SCCCSc2ccccc2)cc1. The molecule has 0 aliphatic heterocycles. The summed E-state index contributed by atoms with van der Waals surface area (Å²) in [7, 11) is 0. The van der Waals surface area contributed by atoms with E-state index in [2.05, 4.69) is 60.7 Å². The van der Waals surface area contributed by atoms with Gasteiger partial charge in [0.15, 0.2) is 0 Å². The van der Waals surface area contributed by atoms with Gasteiger partial charge in [-0.1, -0.05) is 36.4 Å². The Morgan fingerprint density at radius 2 is 1.00 bits per heavy atom. The number of hydrogen-bond acceptors (Lipinski definition) is 2. The van der Waals surface area contributed by atoms with E-state index in [1.54, 1.807) is 0 Å². The molecule has 0 heterocycles. The highest BCUT2D eigenvalue weighted by Crippen LogP contribution is 2.21. The molecular formula is C15H16S2. The van der Waals surface area contributed by atoms with Gasteiger partial charge in [0.05, 0.1) is 0 Å². The second kappa shape index (κ2) is 7.46. The summed E-state index contributed by atoms with van der Waals surface area (Å²) in [6.07, 6.45) is 1.25. The Bertz CT molecular complexity index is 370. The number of thioether (sulfide) groups is 2. The molecule has 88 valence electrons. The molecular weight excluding hydrogens is 244 g/mol. The second-order valence-corrected chi connectivity index (χ2v) is 6.01. The smallest absolute Gasteiger partial charge is 0.00719 e. The van der Waals surface area contributed by atoms with E-state index in [1.807, 2.05) is 23.5 Å². The predicted octanol–water partition coefficient (Wildman–Crippen LogP) is 4.96. The average molecular weight is 260 g/mol. The third-order valence-corrected chi connectivity index (χ3v) is 4.51. The standard InChI is InChI=1S/C15H16S2/c1-3-8-14(9-4-1)16-12-7-13-17-15-10-5-2-6-11-15/h1-6,8-11H,7,12-13H2. The molecule has 0 atom stereocenters. The molecule has 2 heteroatoms. The number of hydrogen-bond donors (Lipinski definition) is 0. The Balaban J connectivity index is 1.61. The Hall–Kier alpha value is -0.860. The van der Waals surface area contributed by atoms with E-state index >= 15 is 0 Å². The normalized spacial score (nSPS) is 10.4. The van der Waals surface area contributed by atoms with Gasteiger partial charge in [-0.05, 0) is 42.2 Å². The van der Waals surface area contributed by atoms with Gasteiger partial charge in [-0.25, -0.2) is 0 Å². The van der Waals surface area contributed by atoms with Gasteiger partial charge in [0.25, 0.3) is 0 Å². The number of benzene rings is 2. The molecule has 0 aliphatic rings. The topological polar surface area (TPSA) is 0 Å². The Morgan fingerprint density at radius 1 is 0.588 bits per heavy atom. The van der Waals surface area contributed by atoms with Crippen LogP contribution in [-0.4, -0.2) is 11.5 Å². The van der Waals surface area contributed by atoms with E-state index in [9.17, 15) is 0 Å². The first-order valence-corrected chi connectivity index (χ1v) is 7.78. The molecule has 0 saturated heterocycles. The van der Waals surface area contributed by atoms with Gasteiger partial charge in [-0.15, -0.1) is 23.5 Å². The molecule has 0 aromatic heterocycles. The van der Waals surface area contributed by atoms with Crippen molar-refractivity contribution in [3.05, 3.63) is 60.7 Å². The fraction of sp³-hybridized carbons (Fsp3) is 0.200. The molecule has 17 heavy (non-hydrogen) atoms. The fourth-order valence-corrected chi connectivity index (χ4v) is 3.40. The third kappa shape index (κ3) is 4.88. The molecule has 0 N–H and O–H groups in total. The maximum Gasteiger partial charge on any atom is 0.00719 e. The first-order chi connectivity index (χ1) is 8.45. The quantitative estimate of drug-likeness (QED) is 0.532. The van der Waals surface area contributed by atoms with E-state index in [0.717, 1.165) is 0 Å². The number of rotatable bonds is 6. The van der Waals surface area contributed by atoms with Crippen LogP contribution in [0, 0.1) is 0 Å². The van der Waals surface area contributed by atoms with Crippen LogP contribution >= 0.6 is 23.5 Å². The summed E-state index contributed by atoms with van der Waals surface area (Å²) in [6, 6.07) is 21.2. The van der Waals surface area contributed by atoms with Crippen molar-refractivity contribution in [1.29, 1.82) is 0 Å². The van der Waals surface area contributed by atoms with Crippen LogP contribution in [0.3, 0.4) is 0 Å². The Labute approximate surface area is 112 Å². The minimum atomic E-state index is 1.20. The van der Waals surface area contributed by atoms with Gasteiger partial charge in [0.1, 0.15) is 0 Å². The molecule has 2 aromatic carbocycles. The summed E-state index contributed by atoms with van der Waals surface area (Å²) in [5.74, 6) is 2.40. The zero-order valence-corrected chi connectivity index (χ0v) is 11.3. The molecule has 0 radical (unpaired) electrons. The van der Waals surface area contributed by atoms with Crippen molar-refractivity contribution in [3.8, 4) is 0 Å². The lowest BCUT2D eigenvalue weighted by Crippen LogP contribution is -1.84. The highest BCUT2D eigenvalue weighted by atomic mass is 32.2. The van der Waals surface area contributed by atoms with Gasteiger partial charge < -0.3 is 0 Å². The largest absolute Gasteiger partial charge is 0.126 e. The Morgan fingerprint density at radius 3 is 1.41 bits per heavy atom. The highest BCUT2D eigenvalue weighted by molar-refractivity contribution is 8.00. The van der Waals surface area contributed by atoms with Crippen LogP contribution in [0.5, 0.6) is 0 Å².